The fourth-order valence-corrected chi connectivity index (χ4v) is 7.66. The van der Waals surface area contributed by atoms with Gasteiger partial charge in [0, 0.05) is 25.7 Å². The number of aliphatic hydroxyl groups excluding tert-OH is 1. The zero-order valence-electron chi connectivity index (χ0n) is 25.1. The lowest BCUT2D eigenvalue weighted by Gasteiger charge is -2.41. The Kier molecular flexibility index (Phi) is 9.44. The molecule has 0 saturated carbocycles. The van der Waals surface area contributed by atoms with Crippen LogP contribution in [-0.2, 0) is 19.1 Å². The lowest BCUT2D eigenvalue weighted by molar-refractivity contribution is -0.157. The van der Waals surface area contributed by atoms with Crippen molar-refractivity contribution in [3.05, 3.63) is 61.2 Å². The van der Waals surface area contributed by atoms with Crippen molar-refractivity contribution >= 4 is 17.7 Å². The van der Waals surface area contributed by atoms with Crippen molar-refractivity contribution in [1.29, 1.82) is 0 Å². The first-order valence-electron chi connectivity index (χ1n) is 15.1. The van der Waals surface area contributed by atoms with E-state index in [1.807, 2.05) is 51.1 Å². The Labute approximate surface area is 245 Å². The molecule has 0 radical (unpaired) electrons. The monoisotopic (exact) mass is 565 g/mol. The van der Waals surface area contributed by atoms with E-state index >= 15 is 0 Å². The van der Waals surface area contributed by atoms with E-state index in [2.05, 4.69) is 20.1 Å². The number of rotatable bonds is 14. The van der Waals surface area contributed by atoms with E-state index in [9.17, 15) is 19.5 Å². The van der Waals surface area contributed by atoms with Gasteiger partial charge in [-0.25, -0.2) is 0 Å². The first kappa shape index (κ1) is 31.0. The predicted octanol–water partition coefficient (Wildman–Crippen LogP) is 4.11. The standard InChI is InChI=1S/C33H47N3O5/c1-7-14-23(5)35(21-10-4)31(40)28-33-18-17-32(6,41-33)26(29(38)34(19-8-2)20-9-3)27(33)30(39)36(28)25(22-37)24-15-12-11-13-16-24/h8,10-13,15-16,23,25-28,37H,2,4,7,9,14,17-22H2,1,3,5-6H3/t23?,25-,26-,27+,28?,32+,33?/m1/s1. The minimum atomic E-state index is -1.16. The molecule has 3 amide bonds. The second-order valence-corrected chi connectivity index (χ2v) is 12.1. The number of hydrogen-bond donors (Lipinski definition) is 1. The van der Waals surface area contributed by atoms with Crippen LogP contribution in [0.15, 0.2) is 55.6 Å². The van der Waals surface area contributed by atoms with Crippen LogP contribution in [0, 0.1) is 11.8 Å². The fraction of sp³-hybridized carbons (Fsp3) is 0.606. The summed E-state index contributed by atoms with van der Waals surface area (Å²) in [6.07, 6.45) is 6.93. The average molecular weight is 566 g/mol. The van der Waals surface area contributed by atoms with E-state index in [0.717, 1.165) is 24.8 Å². The Hall–Kier alpha value is -2.97. The maximum atomic E-state index is 14.7. The van der Waals surface area contributed by atoms with Crippen molar-refractivity contribution in [2.24, 2.45) is 11.8 Å². The number of carbonyl (C=O) groups excluding carboxylic acids is 3. The molecule has 8 nitrogen and oxygen atoms in total. The van der Waals surface area contributed by atoms with Crippen molar-refractivity contribution in [1.82, 2.24) is 14.7 Å². The van der Waals surface area contributed by atoms with Gasteiger partial charge in [-0.05, 0) is 45.1 Å². The Bertz CT molecular complexity index is 1140. The van der Waals surface area contributed by atoms with Gasteiger partial charge in [-0.3, -0.25) is 14.4 Å². The van der Waals surface area contributed by atoms with Gasteiger partial charge in [-0.2, -0.15) is 0 Å². The number of ether oxygens (including phenoxy) is 1. The van der Waals surface area contributed by atoms with Crippen molar-refractivity contribution in [2.75, 3.05) is 26.2 Å². The molecule has 7 atom stereocenters. The quantitative estimate of drug-likeness (QED) is 0.343. The number of hydrogen-bond acceptors (Lipinski definition) is 5. The van der Waals surface area contributed by atoms with Crippen LogP contribution in [0.1, 0.15) is 71.4 Å². The molecule has 1 aromatic rings. The van der Waals surface area contributed by atoms with Gasteiger partial charge >= 0.3 is 0 Å². The van der Waals surface area contributed by atoms with Crippen molar-refractivity contribution < 1.29 is 24.2 Å². The summed E-state index contributed by atoms with van der Waals surface area (Å²) in [4.78, 5) is 48.7. The molecule has 3 aliphatic rings. The third-order valence-electron chi connectivity index (χ3n) is 9.41. The lowest BCUT2D eigenvalue weighted by Crippen LogP contribution is -2.58. The Morgan fingerprint density at radius 1 is 1.12 bits per heavy atom. The third-order valence-corrected chi connectivity index (χ3v) is 9.41. The van der Waals surface area contributed by atoms with Crippen LogP contribution in [0.2, 0.25) is 0 Å². The number of fused-ring (bicyclic) bond motifs is 1. The summed E-state index contributed by atoms with van der Waals surface area (Å²) in [6, 6.07) is 7.49. The second kappa shape index (κ2) is 12.5. The summed E-state index contributed by atoms with van der Waals surface area (Å²) in [7, 11) is 0. The highest BCUT2D eigenvalue weighted by Crippen LogP contribution is 2.64. The Morgan fingerprint density at radius 2 is 1.80 bits per heavy atom. The molecule has 41 heavy (non-hydrogen) atoms. The first-order chi connectivity index (χ1) is 19.6. The summed E-state index contributed by atoms with van der Waals surface area (Å²) in [5.41, 5.74) is -1.30. The maximum Gasteiger partial charge on any atom is 0.248 e. The average Bonchev–Trinajstić information content (AvgIpc) is 3.53. The topological polar surface area (TPSA) is 90.4 Å². The van der Waals surface area contributed by atoms with Crippen LogP contribution in [0.25, 0.3) is 0 Å². The molecule has 1 aromatic carbocycles. The molecule has 1 spiro atoms. The van der Waals surface area contributed by atoms with Gasteiger partial charge in [-0.1, -0.05) is 62.8 Å². The van der Waals surface area contributed by atoms with Crippen LogP contribution < -0.4 is 0 Å². The van der Waals surface area contributed by atoms with Crippen molar-refractivity contribution in [3.8, 4) is 0 Å². The number of aliphatic hydroxyl groups is 1. The van der Waals surface area contributed by atoms with Gasteiger partial charge in [0.25, 0.3) is 0 Å². The Balaban J connectivity index is 1.87. The minimum absolute atomic E-state index is 0.0820. The van der Waals surface area contributed by atoms with Gasteiger partial charge in [-0.15, -0.1) is 13.2 Å². The van der Waals surface area contributed by atoms with Crippen LogP contribution in [0.5, 0.6) is 0 Å². The summed E-state index contributed by atoms with van der Waals surface area (Å²) in [6.45, 7) is 16.6. The van der Waals surface area contributed by atoms with Crippen molar-refractivity contribution in [2.45, 2.75) is 89.1 Å². The molecule has 2 bridgehead atoms. The van der Waals surface area contributed by atoms with E-state index in [-0.39, 0.29) is 30.4 Å². The highest BCUT2D eigenvalue weighted by atomic mass is 16.5. The van der Waals surface area contributed by atoms with Gasteiger partial charge < -0.3 is 24.5 Å². The zero-order valence-corrected chi connectivity index (χ0v) is 25.1. The van der Waals surface area contributed by atoms with E-state index in [1.54, 1.807) is 26.9 Å². The predicted molar refractivity (Wildman–Crippen MR) is 159 cm³/mol. The molecular weight excluding hydrogens is 518 g/mol. The molecule has 8 heteroatoms. The maximum absolute atomic E-state index is 14.7. The van der Waals surface area contributed by atoms with Gasteiger partial charge in [0.1, 0.15) is 11.6 Å². The number of likely N-dealkylation sites (tertiary alicyclic amines) is 1. The van der Waals surface area contributed by atoms with Crippen LogP contribution in [0.3, 0.4) is 0 Å². The third kappa shape index (κ3) is 5.14. The first-order valence-corrected chi connectivity index (χ1v) is 15.1. The highest BCUT2D eigenvalue weighted by Gasteiger charge is 2.79. The van der Waals surface area contributed by atoms with Gasteiger partial charge in [0.15, 0.2) is 0 Å². The molecule has 1 N–H and O–H groups in total. The fourth-order valence-electron chi connectivity index (χ4n) is 7.66. The number of benzene rings is 1. The highest BCUT2D eigenvalue weighted by molar-refractivity contribution is 5.99. The SMILES string of the molecule is C=CCN(CCC)C(=O)[C@H]1[C@H]2C(=O)N([C@H](CO)c3ccccc3)C(C(=O)N(CC=C)C(C)CCC)C23CC[C@]1(C)O3. The molecule has 3 aliphatic heterocycles. The molecule has 224 valence electrons. The van der Waals surface area contributed by atoms with Gasteiger partial charge in [0.05, 0.1) is 30.1 Å². The van der Waals surface area contributed by atoms with Gasteiger partial charge in [0.2, 0.25) is 17.7 Å². The van der Waals surface area contributed by atoms with Crippen molar-refractivity contribution in [3.63, 3.8) is 0 Å². The van der Waals surface area contributed by atoms with E-state index in [1.165, 1.54) is 0 Å². The number of nitrogens with zero attached hydrogens (tertiary/aromatic N) is 3. The molecular formula is C33H47N3O5. The molecule has 3 unspecified atom stereocenters. The molecule has 0 aliphatic carbocycles. The second-order valence-electron chi connectivity index (χ2n) is 12.1. The summed E-state index contributed by atoms with van der Waals surface area (Å²) >= 11 is 0. The number of carbonyl (C=O) groups is 3. The van der Waals surface area contributed by atoms with Crippen LogP contribution in [-0.4, -0.2) is 87.1 Å². The number of amides is 3. The summed E-state index contributed by atoms with van der Waals surface area (Å²) in [5.74, 6) is -2.21. The summed E-state index contributed by atoms with van der Waals surface area (Å²) in [5, 5.41) is 10.7. The molecule has 3 fully saturated rings. The van der Waals surface area contributed by atoms with E-state index in [4.69, 9.17) is 4.74 Å². The van der Waals surface area contributed by atoms with Crippen LogP contribution >= 0.6 is 0 Å². The normalized spacial score (nSPS) is 29.6. The van der Waals surface area contributed by atoms with E-state index < -0.39 is 35.1 Å². The zero-order chi connectivity index (χ0) is 29.9. The Morgan fingerprint density at radius 3 is 2.39 bits per heavy atom. The lowest BCUT2D eigenvalue weighted by atomic mass is 9.66. The molecule has 3 saturated heterocycles. The molecule has 0 aromatic heterocycles. The minimum Gasteiger partial charge on any atom is -0.394 e. The largest absolute Gasteiger partial charge is 0.394 e. The summed E-state index contributed by atoms with van der Waals surface area (Å²) < 4.78 is 6.85. The smallest absolute Gasteiger partial charge is 0.248 e. The van der Waals surface area contributed by atoms with E-state index in [0.29, 0.717) is 32.5 Å². The molecule has 3 heterocycles. The van der Waals surface area contributed by atoms with Crippen LogP contribution in [0.4, 0.5) is 0 Å². The molecule has 4 rings (SSSR count).